The molecule has 1 aliphatic rings. The summed E-state index contributed by atoms with van der Waals surface area (Å²) in [5, 5.41) is 3.18. The minimum absolute atomic E-state index is 0.0486. The summed E-state index contributed by atoms with van der Waals surface area (Å²) in [5.74, 6) is 0.0468. The van der Waals surface area contributed by atoms with Gasteiger partial charge >= 0.3 is 5.97 Å². The molecule has 154 valence electrons. The van der Waals surface area contributed by atoms with E-state index in [2.05, 4.69) is 21.2 Å². The third-order valence-electron chi connectivity index (χ3n) is 5.91. The van der Waals surface area contributed by atoms with Gasteiger partial charge in [0.25, 0.3) is 0 Å². The zero-order valence-corrected chi connectivity index (χ0v) is 18.6. The Morgan fingerprint density at radius 2 is 1.83 bits per heavy atom. The summed E-state index contributed by atoms with van der Waals surface area (Å²) in [5.41, 5.74) is 3.94. The van der Waals surface area contributed by atoms with Crippen molar-refractivity contribution in [3.63, 3.8) is 0 Å². The van der Waals surface area contributed by atoms with Crippen molar-refractivity contribution < 1.29 is 14.3 Å². The fourth-order valence-electron chi connectivity index (χ4n) is 4.24. The number of hydrogen-bond donors (Lipinski definition) is 1. The molecule has 1 fully saturated rings. The number of methoxy groups -OCH3 is 1. The molecule has 3 rings (SSSR count). The van der Waals surface area contributed by atoms with Gasteiger partial charge in [0.2, 0.25) is 5.91 Å². The Bertz CT molecular complexity index is 857. The number of nitrogens with one attached hydrogen (secondary N) is 1. The van der Waals surface area contributed by atoms with E-state index >= 15 is 0 Å². The van der Waals surface area contributed by atoms with Gasteiger partial charge in [-0.05, 0) is 67.0 Å². The molecular weight excluding hydrogens is 430 g/mol. The second-order valence-corrected chi connectivity index (χ2v) is 8.64. The van der Waals surface area contributed by atoms with Crippen LogP contribution in [0.1, 0.15) is 54.7 Å². The lowest BCUT2D eigenvalue weighted by molar-refractivity contribution is -0.140. The van der Waals surface area contributed by atoms with Gasteiger partial charge in [0.05, 0.1) is 13.0 Å². The van der Waals surface area contributed by atoms with E-state index in [1.165, 1.54) is 20.0 Å². The minimum Gasteiger partial charge on any atom is -0.469 e. The lowest BCUT2D eigenvalue weighted by atomic mass is 9.84. The first-order valence-electron chi connectivity index (χ1n) is 10.2. The molecule has 1 unspecified atom stereocenters. The Hall–Kier alpha value is -2.14. The van der Waals surface area contributed by atoms with E-state index in [-0.39, 0.29) is 17.8 Å². The highest BCUT2D eigenvalue weighted by atomic mass is 79.9. The van der Waals surface area contributed by atoms with Gasteiger partial charge in [0, 0.05) is 16.6 Å². The van der Waals surface area contributed by atoms with Crippen molar-refractivity contribution in [2.75, 3.05) is 12.4 Å². The molecule has 2 aromatic carbocycles. The Morgan fingerprint density at radius 1 is 1.14 bits per heavy atom. The molecule has 1 aliphatic carbocycles. The molecule has 0 aromatic heterocycles. The van der Waals surface area contributed by atoms with Crippen LogP contribution in [0.3, 0.4) is 0 Å². The topological polar surface area (TPSA) is 55.4 Å². The molecule has 0 bridgehead atoms. The van der Waals surface area contributed by atoms with Crippen LogP contribution >= 0.6 is 15.9 Å². The number of aryl methyl sites for hydroxylation is 1. The van der Waals surface area contributed by atoms with Gasteiger partial charge in [-0.2, -0.15) is 0 Å². The van der Waals surface area contributed by atoms with Crippen LogP contribution in [0, 0.1) is 12.8 Å². The number of anilines is 1. The van der Waals surface area contributed by atoms with Crippen molar-refractivity contribution in [3.8, 4) is 0 Å². The van der Waals surface area contributed by atoms with Crippen molar-refractivity contribution in [1.29, 1.82) is 0 Å². The maximum atomic E-state index is 13.4. The van der Waals surface area contributed by atoms with Crippen LogP contribution in [-0.2, 0) is 20.7 Å². The van der Waals surface area contributed by atoms with Gasteiger partial charge in [-0.3, -0.25) is 9.59 Å². The smallest absolute Gasteiger partial charge is 0.305 e. The fourth-order valence-corrected chi connectivity index (χ4v) is 4.50. The Morgan fingerprint density at radius 3 is 2.48 bits per heavy atom. The number of hydrogen-bond acceptors (Lipinski definition) is 3. The first kappa shape index (κ1) is 21.6. The molecule has 1 saturated carbocycles. The number of carbonyl (C=O) groups is 2. The third kappa shape index (κ3) is 5.47. The summed E-state index contributed by atoms with van der Waals surface area (Å²) in [7, 11) is 1.40. The van der Waals surface area contributed by atoms with Gasteiger partial charge in [-0.1, -0.05) is 53.0 Å². The first-order chi connectivity index (χ1) is 14.0. The molecule has 0 spiro atoms. The summed E-state index contributed by atoms with van der Waals surface area (Å²) in [6.45, 7) is 1.99. The van der Waals surface area contributed by atoms with E-state index in [9.17, 15) is 9.59 Å². The molecule has 0 saturated heterocycles. The molecule has 29 heavy (non-hydrogen) atoms. The summed E-state index contributed by atoms with van der Waals surface area (Å²) in [6, 6.07) is 14.0. The molecular formula is C24H28BrNO3. The van der Waals surface area contributed by atoms with E-state index in [0.29, 0.717) is 18.8 Å². The zero-order chi connectivity index (χ0) is 20.8. The number of benzene rings is 2. The number of esters is 1. The van der Waals surface area contributed by atoms with E-state index in [4.69, 9.17) is 4.74 Å². The highest BCUT2D eigenvalue weighted by Gasteiger charge is 2.32. The van der Waals surface area contributed by atoms with Crippen molar-refractivity contribution in [1.82, 2.24) is 0 Å². The molecule has 1 atom stereocenters. The summed E-state index contributed by atoms with van der Waals surface area (Å²) < 4.78 is 5.76. The number of amides is 1. The lowest BCUT2D eigenvalue weighted by Crippen LogP contribution is -2.27. The maximum Gasteiger partial charge on any atom is 0.305 e. The van der Waals surface area contributed by atoms with Crippen LogP contribution < -0.4 is 5.32 Å². The zero-order valence-electron chi connectivity index (χ0n) is 17.0. The van der Waals surface area contributed by atoms with Crippen molar-refractivity contribution >= 4 is 33.5 Å². The van der Waals surface area contributed by atoms with Crippen LogP contribution in [0.15, 0.2) is 46.9 Å². The van der Waals surface area contributed by atoms with Gasteiger partial charge in [0.15, 0.2) is 0 Å². The second-order valence-electron chi connectivity index (χ2n) is 7.73. The number of halogens is 1. The average Bonchev–Trinajstić information content (AvgIpc) is 3.24. The quantitative estimate of drug-likeness (QED) is 0.536. The van der Waals surface area contributed by atoms with Gasteiger partial charge in [-0.25, -0.2) is 0 Å². The number of ether oxygens (including phenoxy) is 1. The van der Waals surface area contributed by atoms with Crippen molar-refractivity contribution in [2.45, 2.75) is 51.4 Å². The summed E-state index contributed by atoms with van der Waals surface area (Å²) in [6.07, 6.45) is 5.48. The van der Waals surface area contributed by atoms with Gasteiger partial charge < -0.3 is 10.1 Å². The lowest BCUT2D eigenvalue weighted by Gasteiger charge is -2.24. The SMILES string of the molecule is COC(=O)CCc1cccc(NC(=O)C(c2ccc(Br)cc2)C2CCCC2)c1C. The number of rotatable bonds is 7. The molecule has 0 heterocycles. The Labute approximate surface area is 181 Å². The fraction of sp³-hybridized carbons (Fsp3) is 0.417. The molecule has 0 aliphatic heterocycles. The molecule has 0 radical (unpaired) electrons. The maximum absolute atomic E-state index is 13.4. The summed E-state index contributed by atoms with van der Waals surface area (Å²) in [4.78, 5) is 24.8. The largest absolute Gasteiger partial charge is 0.469 e. The molecule has 1 amide bonds. The molecule has 2 aromatic rings. The molecule has 1 N–H and O–H groups in total. The van der Waals surface area contributed by atoms with E-state index in [0.717, 1.165) is 39.7 Å². The van der Waals surface area contributed by atoms with Gasteiger partial charge in [-0.15, -0.1) is 0 Å². The second kappa shape index (κ2) is 10.1. The van der Waals surface area contributed by atoms with Crippen LogP contribution in [0.5, 0.6) is 0 Å². The Balaban J connectivity index is 1.80. The standard InChI is InChI=1S/C24H28BrNO3/c1-16-17(12-15-22(27)29-2)8-5-9-21(16)26-24(28)23(18-6-3-4-7-18)19-10-13-20(25)14-11-19/h5,8-11,13-14,18,23H,3-4,6-7,12,15H2,1-2H3,(H,26,28). The average molecular weight is 458 g/mol. The number of carbonyl (C=O) groups excluding carboxylic acids is 2. The molecule has 5 heteroatoms. The van der Waals surface area contributed by atoms with E-state index < -0.39 is 0 Å². The van der Waals surface area contributed by atoms with Crippen LogP contribution in [0.2, 0.25) is 0 Å². The highest BCUT2D eigenvalue weighted by Crippen LogP contribution is 2.38. The normalized spacial score (nSPS) is 15.1. The van der Waals surface area contributed by atoms with E-state index in [1.807, 2.05) is 49.4 Å². The minimum atomic E-state index is -0.227. The van der Waals surface area contributed by atoms with Crippen LogP contribution in [0.25, 0.3) is 0 Å². The predicted molar refractivity (Wildman–Crippen MR) is 119 cm³/mol. The Kier molecular flexibility index (Phi) is 7.48. The third-order valence-corrected chi connectivity index (χ3v) is 6.44. The van der Waals surface area contributed by atoms with Crippen molar-refractivity contribution in [2.24, 2.45) is 5.92 Å². The first-order valence-corrected chi connectivity index (χ1v) is 11.0. The highest BCUT2D eigenvalue weighted by molar-refractivity contribution is 9.10. The van der Waals surface area contributed by atoms with E-state index in [1.54, 1.807) is 0 Å². The van der Waals surface area contributed by atoms with Crippen molar-refractivity contribution in [3.05, 3.63) is 63.6 Å². The van der Waals surface area contributed by atoms with Gasteiger partial charge in [0.1, 0.15) is 0 Å². The van der Waals surface area contributed by atoms with Crippen LogP contribution in [0.4, 0.5) is 5.69 Å². The predicted octanol–water partition coefficient (Wildman–Crippen LogP) is 5.78. The summed E-state index contributed by atoms with van der Waals surface area (Å²) >= 11 is 3.48. The monoisotopic (exact) mass is 457 g/mol. The molecule has 4 nitrogen and oxygen atoms in total. The van der Waals surface area contributed by atoms with Crippen LogP contribution in [-0.4, -0.2) is 19.0 Å².